The molecule has 5 rings (SSSR count). The Bertz CT molecular complexity index is 1190. The Kier molecular flexibility index (Phi) is 3.85. The van der Waals surface area contributed by atoms with Crippen LogP contribution in [0.15, 0.2) is 36.0 Å². The Labute approximate surface area is 159 Å². The van der Waals surface area contributed by atoms with Crippen LogP contribution in [0.2, 0.25) is 0 Å². The van der Waals surface area contributed by atoms with Crippen LogP contribution < -0.4 is 15.4 Å². The van der Waals surface area contributed by atoms with Gasteiger partial charge in [-0.1, -0.05) is 6.08 Å². The summed E-state index contributed by atoms with van der Waals surface area (Å²) >= 11 is 0. The Morgan fingerprint density at radius 1 is 1.07 bits per heavy atom. The van der Waals surface area contributed by atoms with Crippen molar-refractivity contribution in [2.45, 2.75) is 24.7 Å². The average molecular weight is 373 g/mol. The van der Waals surface area contributed by atoms with Gasteiger partial charge in [0.25, 0.3) is 5.91 Å². The predicted molar refractivity (Wildman–Crippen MR) is 96.6 cm³/mol. The Morgan fingerprint density at radius 2 is 1.89 bits per heavy atom. The molecule has 1 atom stereocenters. The Hall–Kier alpha value is -3.62. The molecule has 138 valence electrons. The lowest BCUT2D eigenvalue weighted by Crippen LogP contribution is -2.37. The third-order valence-corrected chi connectivity index (χ3v) is 4.71. The number of carbonyl (C=O) groups excluding carboxylic acids is 1. The lowest BCUT2D eigenvalue weighted by Gasteiger charge is -2.12. The largest absolute Gasteiger partial charge is 0.480 e. The highest BCUT2D eigenvalue weighted by Crippen LogP contribution is 2.44. The maximum absolute atomic E-state index is 12.5. The van der Waals surface area contributed by atoms with Crippen molar-refractivity contribution < 1.29 is 9.53 Å². The summed E-state index contributed by atoms with van der Waals surface area (Å²) < 4.78 is 5.41. The van der Waals surface area contributed by atoms with E-state index in [1.807, 2.05) is 0 Å². The number of fused-ring (bicyclic) bond motifs is 1. The SMILES string of the molecule is COc1ncnc(C2CC2)c1-c1ncc2c(n1)=NC(=O)C(c1ncccn1)C=2. The van der Waals surface area contributed by atoms with Crippen molar-refractivity contribution in [1.29, 1.82) is 0 Å². The highest BCUT2D eigenvalue weighted by Gasteiger charge is 2.31. The zero-order valence-corrected chi connectivity index (χ0v) is 15.0. The minimum atomic E-state index is -0.639. The van der Waals surface area contributed by atoms with Gasteiger partial charge < -0.3 is 4.74 Å². The van der Waals surface area contributed by atoms with E-state index in [-0.39, 0.29) is 5.91 Å². The standard InChI is InChI=1S/C19H15N7O2/c1-28-19-13(14(10-3-4-10)23-9-24-19)17-22-8-11-7-12(16-20-5-2-6-21-16)18(27)26-15(11)25-17/h2,5-10,12H,3-4H2,1H3. The van der Waals surface area contributed by atoms with Crippen LogP contribution in [0.3, 0.4) is 0 Å². The third-order valence-electron chi connectivity index (χ3n) is 4.71. The number of methoxy groups -OCH3 is 1. The van der Waals surface area contributed by atoms with Gasteiger partial charge in [-0.05, 0) is 18.9 Å². The molecule has 1 saturated carbocycles. The van der Waals surface area contributed by atoms with Gasteiger partial charge in [0.15, 0.2) is 11.3 Å². The van der Waals surface area contributed by atoms with E-state index < -0.39 is 5.92 Å². The molecular formula is C19H15N7O2. The van der Waals surface area contributed by atoms with Crippen molar-refractivity contribution in [3.05, 3.63) is 53.2 Å². The van der Waals surface area contributed by atoms with Gasteiger partial charge in [-0.3, -0.25) is 4.79 Å². The number of hydrogen-bond donors (Lipinski definition) is 0. The van der Waals surface area contributed by atoms with E-state index in [0.29, 0.717) is 39.7 Å². The average Bonchev–Trinajstić information content (AvgIpc) is 3.58. The summed E-state index contributed by atoms with van der Waals surface area (Å²) in [5, 5.41) is 0.657. The second-order valence-electron chi connectivity index (χ2n) is 6.59. The molecule has 2 aliphatic rings. The van der Waals surface area contributed by atoms with Crippen LogP contribution in [0.5, 0.6) is 5.88 Å². The normalized spacial score (nSPS) is 18.0. The maximum Gasteiger partial charge on any atom is 0.262 e. The van der Waals surface area contributed by atoms with E-state index in [9.17, 15) is 4.79 Å². The molecule has 1 aliphatic carbocycles. The summed E-state index contributed by atoms with van der Waals surface area (Å²) in [6.45, 7) is 0. The highest BCUT2D eigenvalue weighted by molar-refractivity contribution is 5.90. The fourth-order valence-corrected chi connectivity index (χ4v) is 3.20. The van der Waals surface area contributed by atoms with E-state index in [1.54, 1.807) is 37.8 Å². The molecule has 0 N–H and O–H groups in total. The summed E-state index contributed by atoms with van der Waals surface area (Å²) in [5.41, 5.74) is 1.84. The first-order valence-electron chi connectivity index (χ1n) is 8.88. The van der Waals surface area contributed by atoms with Crippen LogP contribution in [0.1, 0.15) is 36.2 Å². The minimum Gasteiger partial charge on any atom is -0.480 e. The van der Waals surface area contributed by atoms with E-state index >= 15 is 0 Å². The molecule has 4 heterocycles. The monoisotopic (exact) mass is 373 g/mol. The number of amides is 1. The molecule has 1 fully saturated rings. The van der Waals surface area contributed by atoms with Crippen LogP contribution in [0.25, 0.3) is 17.5 Å². The zero-order chi connectivity index (χ0) is 19.1. The maximum atomic E-state index is 12.5. The van der Waals surface area contributed by atoms with Crippen molar-refractivity contribution in [2.24, 2.45) is 4.99 Å². The fraction of sp³-hybridized carbons (Fsp3) is 0.263. The molecule has 0 spiro atoms. The molecule has 3 aromatic heterocycles. The molecule has 0 radical (unpaired) electrons. The molecule has 1 unspecified atom stereocenters. The number of aromatic nitrogens is 6. The molecule has 9 heteroatoms. The number of ether oxygens (including phenoxy) is 1. The van der Waals surface area contributed by atoms with Gasteiger partial charge in [-0.2, -0.15) is 4.99 Å². The molecule has 9 nitrogen and oxygen atoms in total. The Balaban J connectivity index is 1.64. The topological polar surface area (TPSA) is 116 Å². The van der Waals surface area contributed by atoms with Crippen LogP contribution in [-0.2, 0) is 4.79 Å². The Morgan fingerprint density at radius 3 is 2.64 bits per heavy atom. The highest BCUT2D eigenvalue weighted by atomic mass is 16.5. The van der Waals surface area contributed by atoms with Gasteiger partial charge in [0.05, 0.1) is 12.8 Å². The van der Waals surface area contributed by atoms with Crippen LogP contribution in [0.4, 0.5) is 0 Å². The number of rotatable bonds is 4. The summed E-state index contributed by atoms with van der Waals surface area (Å²) in [6, 6.07) is 1.70. The first kappa shape index (κ1) is 16.5. The van der Waals surface area contributed by atoms with E-state index in [0.717, 1.165) is 18.5 Å². The first-order chi connectivity index (χ1) is 13.7. The van der Waals surface area contributed by atoms with Crippen molar-refractivity contribution in [1.82, 2.24) is 29.9 Å². The van der Waals surface area contributed by atoms with Gasteiger partial charge in [0.2, 0.25) is 5.88 Å². The van der Waals surface area contributed by atoms with Crippen LogP contribution in [0, 0.1) is 0 Å². The molecule has 3 aromatic rings. The third kappa shape index (κ3) is 2.81. The lowest BCUT2D eigenvalue weighted by atomic mass is 10.0. The van der Waals surface area contributed by atoms with Crippen LogP contribution >= 0.6 is 0 Å². The van der Waals surface area contributed by atoms with E-state index in [2.05, 4.69) is 34.9 Å². The van der Waals surface area contributed by atoms with Gasteiger partial charge >= 0.3 is 0 Å². The molecule has 0 saturated heterocycles. The molecule has 1 aliphatic heterocycles. The number of nitrogens with zero attached hydrogens (tertiary/aromatic N) is 7. The van der Waals surface area contributed by atoms with Crippen molar-refractivity contribution in [2.75, 3.05) is 7.11 Å². The van der Waals surface area contributed by atoms with Crippen LogP contribution in [-0.4, -0.2) is 42.9 Å². The second kappa shape index (κ2) is 6.52. The summed E-state index contributed by atoms with van der Waals surface area (Å²) in [6.07, 6.45) is 10.2. The van der Waals surface area contributed by atoms with E-state index in [4.69, 9.17) is 4.74 Å². The van der Waals surface area contributed by atoms with Gasteiger partial charge in [-0.15, -0.1) is 0 Å². The van der Waals surface area contributed by atoms with Gasteiger partial charge in [-0.25, -0.2) is 29.9 Å². The summed E-state index contributed by atoms with van der Waals surface area (Å²) in [7, 11) is 1.55. The molecule has 0 bridgehead atoms. The van der Waals surface area contributed by atoms with Gasteiger partial charge in [0.1, 0.15) is 23.6 Å². The van der Waals surface area contributed by atoms with Crippen molar-refractivity contribution in [3.8, 4) is 17.3 Å². The molecule has 0 aromatic carbocycles. The van der Waals surface area contributed by atoms with Gasteiger partial charge in [0, 0.05) is 29.7 Å². The fourth-order valence-electron chi connectivity index (χ4n) is 3.20. The summed E-state index contributed by atoms with van der Waals surface area (Å²) in [4.78, 5) is 42.6. The molecule has 28 heavy (non-hydrogen) atoms. The molecular weight excluding hydrogens is 358 g/mol. The lowest BCUT2D eigenvalue weighted by molar-refractivity contribution is -0.118. The second-order valence-corrected chi connectivity index (χ2v) is 6.59. The summed E-state index contributed by atoms with van der Waals surface area (Å²) in [5.74, 6) is 0.578. The van der Waals surface area contributed by atoms with E-state index in [1.165, 1.54) is 6.33 Å². The number of hydrogen-bond acceptors (Lipinski definition) is 8. The predicted octanol–water partition coefficient (Wildman–Crippen LogP) is 0.334. The zero-order valence-electron chi connectivity index (χ0n) is 15.0. The number of carbonyl (C=O) groups is 1. The quantitative estimate of drug-likeness (QED) is 0.642. The van der Waals surface area contributed by atoms with Crippen molar-refractivity contribution in [3.63, 3.8) is 0 Å². The smallest absolute Gasteiger partial charge is 0.262 e. The molecule has 1 amide bonds. The first-order valence-corrected chi connectivity index (χ1v) is 8.88. The van der Waals surface area contributed by atoms with Crippen molar-refractivity contribution >= 4 is 12.0 Å². The minimum absolute atomic E-state index is 0.315.